The minimum atomic E-state index is -0.440. The molecule has 3 nitrogen and oxygen atoms in total. The van der Waals surface area contributed by atoms with Gasteiger partial charge in [0, 0.05) is 11.9 Å². The Morgan fingerprint density at radius 2 is 2.33 bits per heavy atom. The fraction of sp³-hybridized carbons (Fsp3) is 0.250. The summed E-state index contributed by atoms with van der Waals surface area (Å²) < 4.78 is 0. The summed E-state index contributed by atoms with van der Waals surface area (Å²) in [6.07, 6.45) is 1.63. The van der Waals surface area contributed by atoms with E-state index in [1.807, 2.05) is 0 Å². The van der Waals surface area contributed by atoms with Crippen molar-refractivity contribution in [3.63, 3.8) is 0 Å². The quantitative estimate of drug-likeness (QED) is 0.759. The third-order valence-corrected chi connectivity index (χ3v) is 1.57. The van der Waals surface area contributed by atoms with E-state index in [0.29, 0.717) is 10.7 Å². The van der Waals surface area contributed by atoms with Crippen molar-refractivity contribution in [2.45, 2.75) is 6.42 Å². The SMILES string of the molecule is O=C(CO)Cc1ccc(Cl)cn1. The first-order chi connectivity index (χ1) is 5.72. The summed E-state index contributed by atoms with van der Waals surface area (Å²) in [5.41, 5.74) is 0.624. The predicted octanol–water partition coefficient (Wildman–Crippen LogP) is 0.839. The van der Waals surface area contributed by atoms with Gasteiger partial charge in [0.05, 0.1) is 11.4 Å². The van der Waals surface area contributed by atoms with Crippen LogP contribution in [0.4, 0.5) is 0 Å². The van der Waals surface area contributed by atoms with Crippen LogP contribution in [-0.2, 0) is 11.2 Å². The van der Waals surface area contributed by atoms with E-state index >= 15 is 0 Å². The van der Waals surface area contributed by atoms with E-state index in [-0.39, 0.29) is 12.2 Å². The molecule has 0 spiro atoms. The number of carbonyl (C=O) groups excluding carboxylic acids is 1. The van der Waals surface area contributed by atoms with Crippen molar-refractivity contribution in [2.75, 3.05) is 6.61 Å². The highest BCUT2D eigenvalue weighted by Crippen LogP contribution is 2.06. The maximum Gasteiger partial charge on any atom is 0.164 e. The Bertz CT molecular complexity index is 271. The van der Waals surface area contributed by atoms with E-state index in [4.69, 9.17) is 16.7 Å². The third kappa shape index (κ3) is 2.60. The highest BCUT2D eigenvalue weighted by atomic mass is 35.5. The van der Waals surface area contributed by atoms with Gasteiger partial charge in [0.1, 0.15) is 6.61 Å². The van der Waals surface area contributed by atoms with E-state index in [9.17, 15) is 4.79 Å². The van der Waals surface area contributed by atoms with Crippen LogP contribution in [0, 0.1) is 0 Å². The molecule has 1 aromatic rings. The molecule has 0 saturated carbocycles. The molecule has 4 heteroatoms. The van der Waals surface area contributed by atoms with Gasteiger partial charge in [-0.05, 0) is 12.1 Å². The minimum Gasteiger partial charge on any atom is -0.389 e. The zero-order chi connectivity index (χ0) is 8.97. The van der Waals surface area contributed by atoms with Gasteiger partial charge in [-0.2, -0.15) is 0 Å². The number of Topliss-reactive ketones (excluding diaryl/α,β-unsaturated/α-hetero) is 1. The number of halogens is 1. The Morgan fingerprint density at radius 3 is 2.83 bits per heavy atom. The fourth-order valence-corrected chi connectivity index (χ4v) is 0.881. The van der Waals surface area contributed by atoms with Crippen molar-refractivity contribution in [1.29, 1.82) is 0 Å². The molecule has 1 N–H and O–H groups in total. The number of hydrogen-bond donors (Lipinski definition) is 1. The Hall–Kier alpha value is -0.930. The smallest absolute Gasteiger partial charge is 0.164 e. The number of rotatable bonds is 3. The number of aliphatic hydroxyl groups is 1. The van der Waals surface area contributed by atoms with Gasteiger partial charge >= 0.3 is 0 Å². The first-order valence-electron chi connectivity index (χ1n) is 3.45. The lowest BCUT2D eigenvalue weighted by Crippen LogP contribution is -2.08. The lowest BCUT2D eigenvalue weighted by molar-refractivity contribution is -0.121. The predicted molar refractivity (Wildman–Crippen MR) is 45.0 cm³/mol. The molecule has 0 aliphatic carbocycles. The average Bonchev–Trinajstić information content (AvgIpc) is 2.09. The van der Waals surface area contributed by atoms with Gasteiger partial charge in [-0.1, -0.05) is 11.6 Å². The maximum atomic E-state index is 10.7. The summed E-state index contributed by atoms with van der Waals surface area (Å²) >= 11 is 5.59. The summed E-state index contributed by atoms with van der Waals surface area (Å²) in [4.78, 5) is 14.6. The monoisotopic (exact) mass is 185 g/mol. The van der Waals surface area contributed by atoms with Crippen LogP contribution in [0.2, 0.25) is 5.02 Å². The highest BCUT2D eigenvalue weighted by Gasteiger charge is 2.01. The average molecular weight is 186 g/mol. The molecule has 0 atom stereocenters. The molecule has 0 aromatic carbocycles. The number of nitrogens with zero attached hydrogens (tertiary/aromatic N) is 1. The Kier molecular flexibility index (Phi) is 3.19. The third-order valence-electron chi connectivity index (χ3n) is 1.34. The Morgan fingerprint density at radius 1 is 1.58 bits per heavy atom. The normalized spacial score (nSPS) is 9.83. The van der Waals surface area contributed by atoms with Crippen LogP contribution >= 0.6 is 11.6 Å². The van der Waals surface area contributed by atoms with Crippen molar-refractivity contribution < 1.29 is 9.90 Å². The van der Waals surface area contributed by atoms with Crippen LogP contribution in [0.1, 0.15) is 5.69 Å². The molecule has 0 saturated heterocycles. The topological polar surface area (TPSA) is 50.2 Å². The molecule has 1 rings (SSSR count). The lowest BCUT2D eigenvalue weighted by atomic mass is 10.2. The summed E-state index contributed by atoms with van der Waals surface area (Å²) in [6.45, 7) is -0.440. The molecule has 0 unspecified atom stereocenters. The van der Waals surface area contributed by atoms with E-state index < -0.39 is 6.61 Å². The van der Waals surface area contributed by atoms with Crippen LogP contribution in [0.3, 0.4) is 0 Å². The molecule has 1 aromatic heterocycles. The van der Waals surface area contributed by atoms with Gasteiger partial charge in [-0.3, -0.25) is 9.78 Å². The summed E-state index contributed by atoms with van der Waals surface area (Å²) in [7, 11) is 0. The van der Waals surface area contributed by atoms with Crippen molar-refractivity contribution in [2.24, 2.45) is 0 Å². The van der Waals surface area contributed by atoms with E-state index in [2.05, 4.69) is 4.98 Å². The first-order valence-corrected chi connectivity index (χ1v) is 3.83. The van der Waals surface area contributed by atoms with E-state index in [1.165, 1.54) is 6.20 Å². The van der Waals surface area contributed by atoms with Crippen molar-refractivity contribution in [1.82, 2.24) is 4.98 Å². The number of aliphatic hydroxyl groups excluding tert-OH is 1. The largest absolute Gasteiger partial charge is 0.389 e. The summed E-state index contributed by atoms with van der Waals surface area (Å²) in [6, 6.07) is 3.32. The second-order valence-corrected chi connectivity index (χ2v) is 2.78. The number of carbonyl (C=O) groups is 1. The van der Waals surface area contributed by atoms with E-state index in [1.54, 1.807) is 12.1 Å². The van der Waals surface area contributed by atoms with Crippen LogP contribution in [0.5, 0.6) is 0 Å². The Balaban J connectivity index is 2.64. The molecule has 0 amide bonds. The second-order valence-electron chi connectivity index (χ2n) is 2.34. The highest BCUT2D eigenvalue weighted by molar-refractivity contribution is 6.30. The molecule has 1 heterocycles. The number of ketones is 1. The molecule has 12 heavy (non-hydrogen) atoms. The zero-order valence-electron chi connectivity index (χ0n) is 6.33. The van der Waals surface area contributed by atoms with Crippen LogP contribution in [-0.4, -0.2) is 22.5 Å². The number of pyridine rings is 1. The zero-order valence-corrected chi connectivity index (χ0v) is 7.08. The van der Waals surface area contributed by atoms with Gasteiger partial charge in [0.15, 0.2) is 5.78 Å². The molecular formula is C8H8ClNO2. The summed E-state index contributed by atoms with van der Waals surface area (Å²) in [5, 5.41) is 8.98. The van der Waals surface area contributed by atoms with Gasteiger partial charge in [-0.25, -0.2) is 0 Å². The Labute approximate surface area is 75.0 Å². The van der Waals surface area contributed by atoms with E-state index in [0.717, 1.165) is 0 Å². The number of hydrogen-bond acceptors (Lipinski definition) is 3. The first kappa shape index (κ1) is 9.16. The minimum absolute atomic E-state index is 0.160. The number of aromatic nitrogens is 1. The summed E-state index contributed by atoms with van der Waals surface area (Å²) in [5.74, 6) is -0.246. The van der Waals surface area contributed by atoms with Crippen LogP contribution in [0.15, 0.2) is 18.3 Å². The molecular weight excluding hydrogens is 178 g/mol. The molecule has 0 fully saturated rings. The maximum absolute atomic E-state index is 10.7. The molecule has 0 bridgehead atoms. The van der Waals surface area contributed by atoms with Gasteiger partial charge < -0.3 is 5.11 Å². The molecule has 0 aliphatic heterocycles. The van der Waals surface area contributed by atoms with Crippen molar-refractivity contribution >= 4 is 17.4 Å². The molecule has 0 aliphatic rings. The fourth-order valence-electron chi connectivity index (χ4n) is 0.769. The van der Waals surface area contributed by atoms with Crippen molar-refractivity contribution in [3.8, 4) is 0 Å². The second kappa shape index (κ2) is 4.18. The van der Waals surface area contributed by atoms with Crippen molar-refractivity contribution in [3.05, 3.63) is 29.0 Å². The van der Waals surface area contributed by atoms with Crippen LogP contribution in [0.25, 0.3) is 0 Å². The van der Waals surface area contributed by atoms with Gasteiger partial charge in [0.25, 0.3) is 0 Å². The molecule has 0 radical (unpaired) electrons. The standard InChI is InChI=1S/C8H8ClNO2/c9-6-1-2-7(10-4-6)3-8(12)5-11/h1-2,4,11H,3,5H2. The van der Waals surface area contributed by atoms with Crippen LogP contribution < -0.4 is 0 Å². The lowest BCUT2D eigenvalue weighted by Gasteiger charge is -1.96. The van der Waals surface area contributed by atoms with Gasteiger partial charge in [-0.15, -0.1) is 0 Å². The van der Waals surface area contributed by atoms with Gasteiger partial charge in [0.2, 0.25) is 0 Å². The molecule has 64 valence electrons.